The molecular weight excluding hydrogens is 346 g/mol. The van der Waals surface area contributed by atoms with Gasteiger partial charge >= 0.3 is 0 Å². The van der Waals surface area contributed by atoms with Gasteiger partial charge in [-0.1, -0.05) is 0 Å². The molecule has 19 heavy (non-hydrogen) atoms. The Kier molecular flexibility index (Phi) is 5.06. The van der Waals surface area contributed by atoms with Crippen LogP contribution in [-0.4, -0.2) is 9.78 Å². The third-order valence-corrected chi connectivity index (χ3v) is 5.10. The van der Waals surface area contributed by atoms with Crippen LogP contribution in [0.3, 0.4) is 0 Å². The number of nitrogens with zero attached hydrogens (tertiary/aromatic N) is 2. The predicted molar refractivity (Wildman–Crippen MR) is 85.0 cm³/mol. The highest BCUT2D eigenvalue weighted by Crippen LogP contribution is 2.29. The van der Waals surface area contributed by atoms with Gasteiger partial charge in [-0.25, -0.2) is 0 Å². The first-order chi connectivity index (χ1) is 8.74. The van der Waals surface area contributed by atoms with Gasteiger partial charge in [-0.15, -0.1) is 23.7 Å². The van der Waals surface area contributed by atoms with Crippen molar-refractivity contribution in [3.63, 3.8) is 0 Å². The molecule has 0 bridgehead atoms. The van der Waals surface area contributed by atoms with Gasteiger partial charge in [-0.05, 0) is 52.2 Å². The maximum absolute atomic E-state index is 4.38. The summed E-state index contributed by atoms with van der Waals surface area (Å²) in [7, 11) is 2.04. The normalized spacial score (nSPS) is 17.9. The first kappa shape index (κ1) is 15.0. The van der Waals surface area contributed by atoms with Crippen LogP contribution in [0.5, 0.6) is 0 Å². The molecule has 2 aromatic rings. The molecule has 1 aliphatic carbocycles. The zero-order valence-corrected chi connectivity index (χ0v) is 13.9. The SMILES string of the molecule is Cl.Cn1ncc2c1CCCC2NCc1csc(Br)c1. The Hall–Kier alpha value is -0.360. The minimum atomic E-state index is 0. The van der Waals surface area contributed by atoms with Crippen molar-refractivity contribution in [2.45, 2.75) is 31.8 Å². The zero-order chi connectivity index (χ0) is 12.5. The molecule has 0 saturated heterocycles. The van der Waals surface area contributed by atoms with Gasteiger partial charge < -0.3 is 5.32 Å². The standard InChI is InChI=1S/C13H16BrN3S.ClH/c1-17-12-4-2-3-11(10(12)7-16-17)15-6-9-5-13(14)18-8-9;/h5,7-8,11,15H,2-4,6H2,1H3;1H. The van der Waals surface area contributed by atoms with Crippen LogP contribution in [-0.2, 0) is 20.0 Å². The Morgan fingerprint density at radius 2 is 2.42 bits per heavy atom. The van der Waals surface area contributed by atoms with Crippen LogP contribution in [0.15, 0.2) is 21.4 Å². The van der Waals surface area contributed by atoms with Crippen molar-refractivity contribution in [3.05, 3.63) is 38.3 Å². The third kappa shape index (κ3) is 3.21. The number of fused-ring (bicyclic) bond motifs is 1. The topological polar surface area (TPSA) is 29.9 Å². The molecule has 3 nitrogen and oxygen atoms in total. The summed E-state index contributed by atoms with van der Waals surface area (Å²) in [5.74, 6) is 0. The van der Waals surface area contributed by atoms with Gasteiger partial charge in [0.1, 0.15) is 0 Å². The number of hydrogen-bond donors (Lipinski definition) is 1. The number of thiophene rings is 1. The summed E-state index contributed by atoms with van der Waals surface area (Å²) in [5.41, 5.74) is 4.13. The lowest BCUT2D eigenvalue weighted by Crippen LogP contribution is -2.24. The molecule has 1 atom stereocenters. The molecule has 0 aliphatic heterocycles. The molecule has 1 N–H and O–H groups in total. The number of halogens is 2. The van der Waals surface area contributed by atoms with Crippen LogP contribution >= 0.6 is 39.7 Å². The predicted octanol–water partition coefficient (Wildman–Crippen LogP) is 3.83. The van der Waals surface area contributed by atoms with E-state index in [2.05, 4.69) is 37.8 Å². The molecular formula is C13H17BrClN3S. The molecule has 1 aliphatic rings. The molecule has 2 heterocycles. The van der Waals surface area contributed by atoms with E-state index < -0.39 is 0 Å². The van der Waals surface area contributed by atoms with Gasteiger partial charge in [0.25, 0.3) is 0 Å². The fourth-order valence-corrected chi connectivity index (χ4v) is 3.81. The Labute approximate surface area is 131 Å². The van der Waals surface area contributed by atoms with Crippen LogP contribution in [0.1, 0.15) is 35.7 Å². The second kappa shape index (κ2) is 6.39. The molecule has 3 rings (SSSR count). The number of nitrogens with one attached hydrogen (secondary N) is 1. The van der Waals surface area contributed by atoms with Gasteiger partial charge in [0.2, 0.25) is 0 Å². The van der Waals surface area contributed by atoms with E-state index in [1.807, 2.05) is 17.9 Å². The summed E-state index contributed by atoms with van der Waals surface area (Å²) >= 11 is 5.25. The molecule has 0 saturated carbocycles. The summed E-state index contributed by atoms with van der Waals surface area (Å²) in [6.07, 6.45) is 5.64. The average molecular weight is 363 g/mol. The summed E-state index contributed by atoms with van der Waals surface area (Å²) in [5, 5.41) is 10.2. The van der Waals surface area contributed by atoms with E-state index in [0.29, 0.717) is 6.04 Å². The van der Waals surface area contributed by atoms with Crippen molar-refractivity contribution in [1.82, 2.24) is 15.1 Å². The van der Waals surface area contributed by atoms with Crippen LogP contribution in [0.25, 0.3) is 0 Å². The van der Waals surface area contributed by atoms with E-state index in [1.165, 1.54) is 33.4 Å². The average Bonchev–Trinajstić information content (AvgIpc) is 2.94. The van der Waals surface area contributed by atoms with E-state index in [1.54, 1.807) is 11.3 Å². The second-order valence-corrected chi connectivity index (χ2v) is 7.05. The lowest BCUT2D eigenvalue weighted by molar-refractivity contribution is 0.452. The Bertz CT molecular complexity index is 552. The van der Waals surface area contributed by atoms with Gasteiger partial charge in [-0.2, -0.15) is 5.10 Å². The minimum Gasteiger partial charge on any atom is -0.306 e. The first-order valence-electron chi connectivity index (χ1n) is 6.21. The number of rotatable bonds is 3. The maximum atomic E-state index is 4.38. The fourth-order valence-electron chi connectivity index (χ4n) is 2.60. The van der Waals surface area contributed by atoms with Crippen molar-refractivity contribution >= 4 is 39.7 Å². The van der Waals surface area contributed by atoms with Crippen molar-refractivity contribution in [1.29, 1.82) is 0 Å². The lowest BCUT2D eigenvalue weighted by Gasteiger charge is -2.23. The molecule has 0 aromatic carbocycles. The van der Waals surface area contributed by atoms with Gasteiger partial charge in [0, 0.05) is 30.9 Å². The second-order valence-electron chi connectivity index (χ2n) is 4.75. The van der Waals surface area contributed by atoms with Crippen LogP contribution in [0, 0.1) is 0 Å². The smallest absolute Gasteiger partial charge is 0.0701 e. The van der Waals surface area contributed by atoms with E-state index >= 15 is 0 Å². The summed E-state index contributed by atoms with van der Waals surface area (Å²) in [4.78, 5) is 0. The number of aromatic nitrogens is 2. The maximum Gasteiger partial charge on any atom is 0.0701 e. The number of aryl methyl sites for hydroxylation is 1. The molecule has 2 aromatic heterocycles. The first-order valence-corrected chi connectivity index (χ1v) is 7.88. The number of hydrogen-bond acceptors (Lipinski definition) is 3. The van der Waals surface area contributed by atoms with Crippen LogP contribution in [0.2, 0.25) is 0 Å². The van der Waals surface area contributed by atoms with Gasteiger partial charge in [0.15, 0.2) is 0 Å². The van der Waals surface area contributed by atoms with Crippen molar-refractivity contribution in [2.24, 2.45) is 7.05 Å². The zero-order valence-electron chi connectivity index (χ0n) is 10.7. The van der Waals surface area contributed by atoms with Crippen LogP contribution in [0.4, 0.5) is 0 Å². The molecule has 0 spiro atoms. The quantitative estimate of drug-likeness (QED) is 0.899. The molecule has 0 radical (unpaired) electrons. The van der Waals surface area contributed by atoms with Crippen LogP contribution < -0.4 is 5.32 Å². The summed E-state index contributed by atoms with van der Waals surface area (Å²) in [6.45, 7) is 0.932. The third-order valence-electron chi connectivity index (χ3n) is 3.55. The minimum absolute atomic E-state index is 0. The van der Waals surface area contributed by atoms with Crippen molar-refractivity contribution in [3.8, 4) is 0 Å². The highest BCUT2D eigenvalue weighted by Gasteiger charge is 2.22. The molecule has 0 amide bonds. The lowest BCUT2D eigenvalue weighted by atomic mass is 9.93. The highest BCUT2D eigenvalue weighted by molar-refractivity contribution is 9.11. The van der Waals surface area contributed by atoms with E-state index in [0.717, 1.165) is 13.0 Å². The fraction of sp³-hybridized carbons (Fsp3) is 0.462. The Morgan fingerprint density at radius 1 is 1.58 bits per heavy atom. The summed E-state index contributed by atoms with van der Waals surface area (Å²) in [6, 6.07) is 2.64. The van der Waals surface area contributed by atoms with E-state index in [-0.39, 0.29) is 12.4 Å². The van der Waals surface area contributed by atoms with Gasteiger partial charge in [0.05, 0.1) is 9.98 Å². The van der Waals surface area contributed by atoms with E-state index in [9.17, 15) is 0 Å². The molecule has 6 heteroatoms. The summed E-state index contributed by atoms with van der Waals surface area (Å²) < 4.78 is 3.22. The van der Waals surface area contributed by atoms with Crippen molar-refractivity contribution < 1.29 is 0 Å². The van der Waals surface area contributed by atoms with Gasteiger partial charge in [-0.3, -0.25) is 4.68 Å². The molecule has 1 unspecified atom stereocenters. The van der Waals surface area contributed by atoms with E-state index in [4.69, 9.17) is 0 Å². The monoisotopic (exact) mass is 361 g/mol. The van der Waals surface area contributed by atoms with Crippen molar-refractivity contribution in [2.75, 3.05) is 0 Å². The molecule has 0 fully saturated rings. The Balaban J connectivity index is 0.00000133. The highest BCUT2D eigenvalue weighted by atomic mass is 79.9. The largest absolute Gasteiger partial charge is 0.306 e. The Morgan fingerprint density at radius 3 is 3.16 bits per heavy atom. The molecule has 104 valence electrons.